The molecule has 0 fully saturated rings. The maximum atomic E-state index is 12.0. The summed E-state index contributed by atoms with van der Waals surface area (Å²) in [4.78, 5) is 27.8. The van der Waals surface area contributed by atoms with Crippen LogP contribution in [0, 0.1) is 0 Å². The van der Waals surface area contributed by atoms with E-state index < -0.39 is 18.4 Å². The fourth-order valence-corrected chi connectivity index (χ4v) is 1.71. The highest BCUT2D eigenvalue weighted by atomic mass is 16.4. The Morgan fingerprint density at radius 3 is 2.58 bits per heavy atom. The van der Waals surface area contributed by atoms with Crippen molar-refractivity contribution in [3.63, 3.8) is 0 Å². The molecule has 1 aliphatic heterocycles. The Hall–Kier alpha value is -2.63. The second-order valence-electron chi connectivity index (χ2n) is 4.07. The van der Waals surface area contributed by atoms with Gasteiger partial charge in [0.15, 0.2) is 0 Å². The van der Waals surface area contributed by atoms with Gasteiger partial charge in [0, 0.05) is 0 Å². The van der Waals surface area contributed by atoms with Gasteiger partial charge in [-0.15, -0.1) is 0 Å². The number of aromatic hydroxyl groups is 1. The number of amidine groups is 1. The molecule has 1 heterocycles. The normalized spacial score (nSPS) is 16.9. The standard InChI is InChI=1S/C13H12N2O4/c1-8-14-11(13(19)15(8)7-12(17)18)6-9-2-4-10(16)5-3-9/h2-6,16H,7H2,1H3,(H,17,18)/b11-6+. The van der Waals surface area contributed by atoms with Gasteiger partial charge >= 0.3 is 5.97 Å². The monoisotopic (exact) mass is 260 g/mol. The van der Waals surface area contributed by atoms with E-state index in [9.17, 15) is 9.59 Å². The lowest BCUT2D eigenvalue weighted by Gasteiger charge is -2.11. The molecule has 6 heteroatoms. The molecule has 2 rings (SSSR count). The third-order valence-electron chi connectivity index (χ3n) is 2.63. The topological polar surface area (TPSA) is 90.2 Å². The van der Waals surface area contributed by atoms with Crippen LogP contribution >= 0.6 is 0 Å². The smallest absolute Gasteiger partial charge is 0.323 e. The van der Waals surface area contributed by atoms with E-state index in [0.717, 1.165) is 4.90 Å². The number of carboxylic acid groups (broad SMARTS) is 1. The lowest BCUT2D eigenvalue weighted by Crippen LogP contribution is -2.35. The second kappa shape index (κ2) is 4.93. The van der Waals surface area contributed by atoms with Gasteiger partial charge in [-0.2, -0.15) is 0 Å². The van der Waals surface area contributed by atoms with Crippen molar-refractivity contribution in [2.75, 3.05) is 6.54 Å². The number of aliphatic carboxylic acids is 1. The molecule has 1 aliphatic rings. The Kier molecular flexibility index (Phi) is 3.33. The molecule has 0 saturated heterocycles. The molecule has 0 aliphatic carbocycles. The zero-order valence-electron chi connectivity index (χ0n) is 10.2. The Morgan fingerprint density at radius 2 is 2.00 bits per heavy atom. The minimum absolute atomic E-state index is 0.132. The average molecular weight is 260 g/mol. The zero-order valence-corrected chi connectivity index (χ0v) is 10.2. The summed E-state index contributed by atoms with van der Waals surface area (Å²) in [7, 11) is 0. The number of nitrogens with zero attached hydrogens (tertiary/aromatic N) is 2. The molecule has 2 N–H and O–H groups in total. The number of hydrogen-bond donors (Lipinski definition) is 2. The molecular weight excluding hydrogens is 248 g/mol. The van der Waals surface area contributed by atoms with Gasteiger partial charge in [0.25, 0.3) is 5.91 Å². The fourth-order valence-electron chi connectivity index (χ4n) is 1.71. The van der Waals surface area contributed by atoms with Crippen LogP contribution in [0.1, 0.15) is 12.5 Å². The van der Waals surface area contributed by atoms with E-state index in [4.69, 9.17) is 10.2 Å². The van der Waals surface area contributed by atoms with Crippen LogP contribution in [0.4, 0.5) is 0 Å². The van der Waals surface area contributed by atoms with Gasteiger partial charge in [0.05, 0.1) is 0 Å². The molecule has 0 atom stereocenters. The van der Waals surface area contributed by atoms with Gasteiger partial charge in [-0.1, -0.05) is 12.1 Å². The third-order valence-corrected chi connectivity index (χ3v) is 2.63. The van der Waals surface area contributed by atoms with Crippen molar-refractivity contribution in [2.45, 2.75) is 6.92 Å². The van der Waals surface area contributed by atoms with E-state index in [-0.39, 0.29) is 11.4 Å². The number of carbonyl (C=O) groups excluding carboxylic acids is 1. The van der Waals surface area contributed by atoms with Gasteiger partial charge in [0.2, 0.25) is 0 Å². The van der Waals surface area contributed by atoms with Crippen molar-refractivity contribution in [3.05, 3.63) is 35.5 Å². The number of carboxylic acids is 1. The van der Waals surface area contributed by atoms with Crippen molar-refractivity contribution in [1.29, 1.82) is 0 Å². The van der Waals surface area contributed by atoms with Gasteiger partial charge in [-0.25, -0.2) is 4.99 Å². The van der Waals surface area contributed by atoms with Crippen LogP contribution in [0.15, 0.2) is 35.0 Å². The van der Waals surface area contributed by atoms with Crippen LogP contribution in [-0.4, -0.2) is 39.4 Å². The largest absolute Gasteiger partial charge is 0.508 e. The minimum Gasteiger partial charge on any atom is -0.508 e. The van der Waals surface area contributed by atoms with Crippen molar-refractivity contribution in [2.24, 2.45) is 4.99 Å². The molecule has 1 aromatic carbocycles. The molecule has 0 saturated carbocycles. The minimum atomic E-state index is -1.09. The summed E-state index contributed by atoms with van der Waals surface area (Å²) in [5, 5.41) is 17.9. The van der Waals surface area contributed by atoms with E-state index in [1.165, 1.54) is 12.1 Å². The maximum Gasteiger partial charge on any atom is 0.323 e. The highest BCUT2D eigenvalue weighted by Gasteiger charge is 2.28. The first-order chi connectivity index (χ1) is 8.97. The molecule has 0 radical (unpaired) electrons. The van der Waals surface area contributed by atoms with Crippen LogP contribution in [0.3, 0.4) is 0 Å². The van der Waals surface area contributed by atoms with E-state index in [2.05, 4.69) is 4.99 Å². The summed E-state index contributed by atoms with van der Waals surface area (Å²) in [6.45, 7) is 1.18. The van der Waals surface area contributed by atoms with Crippen LogP contribution < -0.4 is 0 Å². The van der Waals surface area contributed by atoms with Crippen molar-refractivity contribution in [1.82, 2.24) is 4.90 Å². The number of rotatable bonds is 3. The highest BCUT2D eigenvalue weighted by molar-refractivity contribution is 6.14. The van der Waals surface area contributed by atoms with E-state index in [1.807, 2.05) is 0 Å². The molecule has 98 valence electrons. The number of carbonyl (C=O) groups is 2. The summed E-state index contributed by atoms with van der Waals surface area (Å²) in [5.41, 5.74) is 0.888. The Balaban J connectivity index is 2.25. The number of amides is 1. The Labute approximate surface area is 109 Å². The zero-order chi connectivity index (χ0) is 14.0. The highest BCUT2D eigenvalue weighted by Crippen LogP contribution is 2.19. The van der Waals surface area contributed by atoms with Crippen molar-refractivity contribution in [3.8, 4) is 5.75 Å². The molecule has 1 amide bonds. The molecule has 0 unspecified atom stereocenters. The molecule has 19 heavy (non-hydrogen) atoms. The summed E-state index contributed by atoms with van der Waals surface area (Å²) in [5.74, 6) is -1.04. The molecule has 0 bridgehead atoms. The molecule has 0 spiro atoms. The third kappa shape index (κ3) is 2.79. The van der Waals surface area contributed by atoms with Crippen molar-refractivity contribution >= 4 is 23.8 Å². The SMILES string of the molecule is CC1=N/C(=C/c2ccc(O)cc2)C(=O)N1CC(=O)O. The van der Waals surface area contributed by atoms with Crippen LogP contribution in [0.25, 0.3) is 6.08 Å². The number of phenols is 1. The Morgan fingerprint density at radius 1 is 1.37 bits per heavy atom. The predicted octanol–water partition coefficient (Wildman–Crippen LogP) is 1.08. The Bertz CT molecular complexity index is 587. The maximum absolute atomic E-state index is 12.0. The summed E-state index contributed by atoms with van der Waals surface area (Å²) in [6, 6.07) is 6.27. The van der Waals surface area contributed by atoms with Gasteiger partial charge in [-0.05, 0) is 30.7 Å². The van der Waals surface area contributed by atoms with Crippen LogP contribution in [0.5, 0.6) is 5.75 Å². The van der Waals surface area contributed by atoms with E-state index in [1.54, 1.807) is 25.1 Å². The average Bonchev–Trinajstić information content (AvgIpc) is 2.60. The number of phenolic OH excluding ortho intramolecular Hbond substituents is 1. The van der Waals surface area contributed by atoms with Gasteiger partial charge < -0.3 is 10.2 Å². The lowest BCUT2D eigenvalue weighted by atomic mass is 10.2. The fraction of sp³-hybridized carbons (Fsp3) is 0.154. The summed E-state index contributed by atoms with van der Waals surface area (Å²) >= 11 is 0. The van der Waals surface area contributed by atoms with Gasteiger partial charge in [0.1, 0.15) is 23.8 Å². The van der Waals surface area contributed by atoms with E-state index >= 15 is 0 Å². The van der Waals surface area contributed by atoms with E-state index in [0.29, 0.717) is 11.4 Å². The first-order valence-electron chi connectivity index (χ1n) is 5.57. The molecule has 1 aromatic rings. The van der Waals surface area contributed by atoms with Crippen LogP contribution in [-0.2, 0) is 9.59 Å². The molecular formula is C13H12N2O4. The van der Waals surface area contributed by atoms with Crippen molar-refractivity contribution < 1.29 is 19.8 Å². The summed E-state index contributed by atoms with van der Waals surface area (Å²) < 4.78 is 0. The molecule has 6 nitrogen and oxygen atoms in total. The first kappa shape index (κ1) is 12.8. The lowest BCUT2D eigenvalue weighted by molar-refractivity contribution is -0.140. The van der Waals surface area contributed by atoms with Crippen LogP contribution in [0.2, 0.25) is 0 Å². The quantitative estimate of drug-likeness (QED) is 0.795. The number of benzene rings is 1. The molecule has 0 aromatic heterocycles. The number of aliphatic imine (C=N–C) groups is 1. The first-order valence-corrected chi connectivity index (χ1v) is 5.57. The second-order valence-corrected chi connectivity index (χ2v) is 4.07. The number of hydrogen-bond acceptors (Lipinski definition) is 4. The predicted molar refractivity (Wildman–Crippen MR) is 68.5 cm³/mol. The van der Waals surface area contributed by atoms with Gasteiger partial charge in [-0.3, -0.25) is 14.5 Å². The summed E-state index contributed by atoms with van der Waals surface area (Å²) in [6.07, 6.45) is 1.55.